The van der Waals surface area contributed by atoms with Crippen molar-refractivity contribution in [2.75, 3.05) is 13.2 Å². The average molecular weight is 369 g/mol. The van der Waals surface area contributed by atoms with E-state index in [1.807, 2.05) is 52.0 Å². The predicted octanol–water partition coefficient (Wildman–Crippen LogP) is 5.05. The smallest absolute Gasteiger partial charge is 0.138 e. The zero-order valence-corrected chi connectivity index (χ0v) is 15.8. The predicted molar refractivity (Wildman–Crippen MR) is 98.8 cm³/mol. The molecule has 0 unspecified atom stereocenters. The van der Waals surface area contributed by atoms with E-state index in [4.69, 9.17) is 32.7 Å². The fourth-order valence-corrected chi connectivity index (χ4v) is 2.70. The highest BCUT2D eigenvalue weighted by Crippen LogP contribution is 2.29. The molecule has 0 aromatic heterocycles. The summed E-state index contributed by atoms with van der Waals surface area (Å²) in [5.74, 6) is 1.12. The van der Waals surface area contributed by atoms with Crippen molar-refractivity contribution < 1.29 is 14.6 Å². The van der Waals surface area contributed by atoms with Gasteiger partial charge in [-0.05, 0) is 74.2 Å². The van der Waals surface area contributed by atoms with Crippen LogP contribution in [-0.2, 0) is 0 Å². The lowest BCUT2D eigenvalue weighted by atomic mass is 10.1. The summed E-state index contributed by atoms with van der Waals surface area (Å²) in [4.78, 5) is 0. The topological polar surface area (TPSA) is 38.7 Å². The monoisotopic (exact) mass is 368 g/mol. The van der Waals surface area contributed by atoms with Gasteiger partial charge in [-0.2, -0.15) is 0 Å². The highest BCUT2D eigenvalue weighted by Gasteiger charge is 2.12. The molecule has 0 heterocycles. The van der Waals surface area contributed by atoms with Gasteiger partial charge in [-0.15, -0.1) is 0 Å². The minimum absolute atomic E-state index is 0.0880. The second kappa shape index (κ2) is 8.11. The third-order valence-electron chi connectivity index (χ3n) is 3.96. The van der Waals surface area contributed by atoms with E-state index < -0.39 is 6.10 Å². The van der Waals surface area contributed by atoms with E-state index in [9.17, 15) is 5.11 Å². The molecule has 1 N–H and O–H groups in total. The molecule has 2 rings (SSSR count). The average Bonchev–Trinajstić information content (AvgIpc) is 2.51. The summed E-state index contributed by atoms with van der Waals surface area (Å²) < 4.78 is 11.2. The Morgan fingerprint density at radius 1 is 0.750 bits per heavy atom. The van der Waals surface area contributed by atoms with Crippen LogP contribution in [0, 0.1) is 27.7 Å². The molecule has 2 aromatic rings. The van der Waals surface area contributed by atoms with Gasteiger partial charge in [0.1, 0.15) is 30.8 Å². The molecule has 0 spiro atoms. The number of aliphatic hydroxyl groups is 1. The normalized spacial score (nSPS) is 11.0. The van der Waals surface area contributed by atoms with Crippen LogP contribution in [0.3, 0.4) is 0 Å². The molecule has 0 bridgehead atoms. The second-order valence-corrected chi connectivity index (χ2v) is 6.82. The van der Waals surface area contributed by atoms with Gasteiger partial charge in [0, 0.05) is 0 Å². The molecule has 2 aromatic carbocycles. The fraction of sp³-hybridized carbons (Fsp3) is 0.368. The van der Waals surface area contributed by atoms with E-state index in [1.54, 1.807) is 0 Å². The molecular formula is C19H22Cl2O3. The molecule has 0 aliphatic rings. The highest BCUT2D eigenvalue weighted by molar-refractivity contribution is 6.32. The van der Waals surface area contributed by atoms with Gasteiger partial charge in [0.25, 0.3) is 0 Å². The molecule has 0 fully saturated rings. The SMILES string of the molecule is Cc1cc(Cl)c(OCC(O)COc2cc(C)c(C)cc2Cl)cc1C. The van der Waals surface area contributed by atoms with Crippen molar-refractivity contribution in [1.29, 1.82) is 0 Å². The van der Waals surface area contributed by atoms with Crippen molar-refractivity contribution in [3.05, 3.63) is 56.6 Å². The van der Waals surface area contributed by atoms with Crippen LogP contribution >= 0.6 is 23.2 Å². The van der Waals surface area contributed by atoms with Gasteiger partial charge in [0.05, 0.1) is 10.0 Å². The maximum Gasteiger partial charge on any atom is 0.138 e. The molecule has 5 heteroatoms. The van der Waals surface area contributed by atoms with E-state index in [0.29, 0.717) is 21.5 Å². The summed E-state index contributed by atoms with van der Waals surface area (Å²) in [6, 6.07) is 7.44. The van der Waals surface area contributed by atoms with Crippen LogP contribution < -0.4 is 9.47 Å². The van der Waals surface area contributed by atoms with Crippen molar-refractivity contribution >= 4 is 23.2 Å². The summed E-state index contributed by atoms with van der Waals surface area (Å²) in [6.45, 7) is 8.12. The largest absolute Gasteiger partial charge is 0.489 e. The van der Waals surface area contributed by atoms with Crippen LogP contribution in [0.15, 0.2) is 24.3 Å². The van der Waals surface area contributed by atoms with Crippen molar-refractivity contribution in [3.63, 3.8) is 0 Å². The Morgan fingerprint density at radius 2 is 1.08 bits per heavy atom. The first kappa shape index (κ1) is 18.9. The molecule has 0 radical (unpaired) electrons. The second-order valence-electron chi connectivity index (χ2n) is 6.01. The number of rotatable bonds is 6. The molecule has 130 valence electrons. The molecule has 0 saturated carbocycles. The number of ether oxygens (including phenoxy) is 2. The minimum Gasteiger partial charge on any atom is -0.489 e. The molecule has 3 nitrogen and oxygen atoms in total. The van der Waals surface area contributed by atoms with E-state index in [2.05, 4.69) is 0 Å². The summed E-state index contributed by atoms with van der Waals surface area (Å²) in [5.41, 5.74) is 4.37. The Kier molecular flexibility index (Phi) is 6.39. The number of aliphatic hydroxyl groups excluding tert-OH is 1. The van der Waals surface area contributed by atoms with Crippen molar-refractivity contribution in [3.8, 4) is 11.5 Å². The lowest BCUT2D eigenvalue weighted by Gasteiger charge is -2.16. The Morgan fingerprint density at radius 3 is 1.46 bits per heavy atom. The lowest BCUT2D eigenvalue weighted by Crippen LogP contribution is -2.25. The molecule has 0 amide bonds. The first-order chi connectivity index (χ1) is 11.3. The van der Waals surface area contributed by atoms with E-state index in [-0.39, 0.29) is 13.2 Å². The molecular weight excluding hydrogens is 347 g/mol. The highest BCUT2D eigenvalue weighted by atomic mass is 35.5. The van der Waals surface area contributed by atoms with E-state index in [1.165, 1.54) is 0 Å². The Labute approximate surface area is 153 Å². The maximum absolute atomic E-state index is 10.1. The van der Waals surface area contributed by atoms with Gasteiger partial charge in [-0.25, -0.2) is 0 Å². The number of hydrogen-bond donors (Lipinski definition) is 1. The van der Waals surface area contributed by atoms with Crippen molar-refractivity contribution in [1.82, 2.24) is 0 Å². The van der Waals surface area contributed by atoms with Gasteiger partial charge >= 0.3 is 0 Å². The standard InChI is InChI=1S/C19H22Cl2O3/c1-11-5-16(20)18(7-13(11)3)23-9-15(22)10-24-19-8-14(4)12(2)6-17(19)21/h5-8,15,22H,9-10H2,1-4H3. The van der Waals surface area contributed by atoms with Crippen LogP contribution in [0.4, 0.5) is 0 Å². The molecule has 0 saturated heterocycles. The van der Waals surface area contributed by atoms with E-state index >= 15 is 0 Å². The minimum atomic E-state index is -0.791. The van der Waals surface area contributed by atoms with Gasteiger partial charge in [0.15, 0.2) is 0 Å². The zero-order chi connectivity index (χ0) is 17.9. The quantitative estimate of drug-likeness (QED) is 0.775. The number of aryl methyl sites for hydroxylation is 4. The van der Waals surface area contributed by atoms with Crippen molar-refractivity contribution in [2.45, 2.75) is 33.8 Å². The summed E-state index contributed by atoms with van der Waals surface area (Å²) >= 11 is 12.3. The summed E-state index contributed by atoms with van der Waals surface area (Å²) in [6.07, 6.45) is -0.791. The summed E-state index contributed by atoms with van der Waals surface area (Å²) in [5, 5.41) is 11.1. The molecule has 24 heavy (non-hydrogen) atoms. The Hall–Kier alpha value is -1.42. The first-order valence-electron chi connectivity index (χ1n) is 7.75. The zero-order valence-electron chi connectivity index (χ0n) is 14.3. The Bertz CT molecular complexity index is 668. The number of halogens is 2. The maximum atomic E-state index is 10.1. The summed E-state index contributed by atoms with van der Waals surface area (Å²) in [7, 11) is 0. The van der Waals surface area contributed by atoms with Gasteiger partial charge in [0.2, 0.25) is 0 Å². The van der Waals surface area contributed by atoms with Gasteiger partial charge in [-0.3, -0.25) is 0 Å². The van der Waals surface area contributed by atoms with E-state index in [0.717, 1.165) is 22.3 Å². The number of hydrogen-bond acceptors (Lipinski definition) is 3. The van der Waals surface area contributed by atoms with Crippen LogP contribution in [0.2, 0.25) is 10.0 Å². The number of benzene rings is 2. The van der Waals surface area contributed by atoms with Gasteiger partial charge in [-0.1, -0.05) is 23.2 Å². The van der Waals surface area contributed by atoms with Crippen LogP contribution in [0.25, 0.3) is 0 Å². The lowest BCUT2D eigenvalue weighted by molar-refractivity contribution is 0.0627. The molecule has 0 aliphatic carbocycles. The van der Waals surface area contributed by atoms with Crippen LogP contribution in [0.5, 0.6) is 11.5 Å². The van der Waals surface area contributed by atoms with Crippen molar-refractivity contribution in [2.24, 2.45) is 0 Å². The fourth-order valence-electron chi connectivity index (χ4n) is 2.15. The van der Waals surface area contributed by atoms with Crippen LogP contribution in [0.1, 0.15) is 22.3 Å². The van der Waals surface area contributed by atoms with Gasteiger partial charge < -0.3 is 14.6 Å². The third kappa shape index (κ3) is 4.79. The first-order valence-corrected chi connectivity index (χ1v) is 8.50. The molecule has 0 atom stereocenters. The molecule has 0 aliphatic heterocycles. The van der Waals surface area contributed by atoms with Crippen LogP contribution in [-0.4, -0.2) is 24.4 Å². The Balaban J connectivity index is 1.91. The third-order valence-corrected chi connectivity index (χ3v) is 4.55.